The summed E-state index contributed by atoms with van der Waals surface area (Å²) in [5.41, 5.74) is 3.19. The van der Waals surface area contributed by atoms with Crippen molar-refractivity contribution < 1.29 is 19.4 Å². The molecule has 3 unspecified atom stereocenters. The van der Waals surface area contributed by atoms with E-state index in [0.717, 1.165) is 52.5 Å². The molecule has 2 bridgehead atoms. The Morgan fingerprint density at radius 3 is 2.44 bits per heavy atom. The van der Waals surface area contributed by atoms with Crippen LogP contribution in [-0.4, -0.2) is 23.8 Å². The molecule has 1 saturated carbocycles. The maximum Gasteiger partial charge on any atom is 0.335 e. The van der Waals surface area contributed by atoms with Crippen molar-refractivity contribution in [1.82, 2.24) is 0 Å². The van der Waals surface area contributed by atoms with Gasteiger partial charge in [0.25, 0.3) is 0 Å². The van der Waals surface area contributed by atoms with Crippen molar-refractivity contribution >= 4 is 16.7 Å². The third kappa shape index (κ3) is 4.09. The van der Waals surface area contributed by atoms with Gasteiger partial charge in [0.2, 0.25) is 0 Å². The van der Waals surface area contributed by atoms with E-state index in [9.17, 15) is 9.90 Å². The minimum absolute atomic E-state index is 0.159. The zero-order valence-electron chi connectivity index (χ0n) is 20.6. The number of carbonyl (C=O) groups is 1. The number of aromatic carboxylic acids is 1. The van der Waals surface area contributed by atoms with Gasteiger partial charge in [-0.1, -0.05) is 37.6 Å². The average molecular weight is 459 g/mol. The minimum atomic E-state index is -0.906. The second-order valence-electron chi connectivity index (χ2n) is 10.8. The average Bonchev–Trinajstić information content (AvgIpc) is 2.81. The Kier molecular flexibility index (Phi) is 5.68. The summed E-state index contributed by atoms with van der Waals surface area (Å²) in [4.78, 5) is 11.3. The van der Waals surface area contributed by atoms with E-state index in [-0.39, 0.29) is 11.2 Å². The topological polar surface area (TPSA) is 55.8 Å². The molecule has 3 aromatic carbocycles. The first kappa shape index (κ1) is 22.9. The van der Waals surface area contributed by atoms with Crippen LogP contribution in [0.5, 0.6) is 5.75 Å². The second-order valence-corrected chi connectivity index (χ2v) is 10.8. The number of benzene rings is 3. The molecule has 2 fully saturated rings. The number of ether oxygens (including phenoxy) is 2. The molecule has 3 aromatic rings. The Labute approximate surface area is 201 Å². The van der Waals surface area contributed by atoms with Gasteiger partial charge in [-0.3, -0.25) is 0 Å². The highest BCUT2D eigenvalue weighted by molar-refractivity contribution is 5.95. The molecular formula is C30H34O4. The number of fused-ring (bicyclic) bond motifs is 3. The molecular weight excluding hydrogens is 424 g/mol. The highest BCUT2D eigenvalue weighted by Gasteiger charge is 2.51. The quantitative estimate of drug-likeness (QED) is 0.432. The van der Waals surface area contributed by atoms with Crippen LogP contribution in [0.15, 0.2) is 54.6 Å². The Morgan fingerprint density at radius 1 is 1.00 bits per heavy atom. The van der Waals surface area contributed by atoms with Gasteiger partial charge in [0, 0.05) is 5.56 Å². The smallest absolute Gasteiger partial charge is 0.335 e. The fourth-order valence-corrected chi connectivity index (χ4v) is 6.55. The molecule has 0 aromatic heterocycles. The Bertz CT molecular complexity index is 1240. The van der Waals surface area contributed by atoms with Crippen molar-refractivity contribution in [2.45, 2.75) is 64.1 Å². The van der Waals surface area contributed by atoms with Crippen molar-refractivity contribution in [3.8, 4) is 16.9 Å². The Morgan fingerprint density at radius 2 is 1.71 bits per heavy atom. The number of rotatable bonds is 5. The summed E-state index contributed by atoms with van der Waals surface area (Å²) >= 11 is 0. The van der Waals surface area contributed by atoms with Crippen molar-refractivity contribution in [2.75, 3.05) is 7.11 Å². The first-order valence-corrected chi connectivity index (χ1v) is 12.4. The summed E-state index contributed by atoms with van der Waals surface area (Å²) in [6.07, 6.45) is 5.64. The maximum atomic E-state index is 11.3. The molecule has 34 heavy (non-hydrogen) atoms. The predicted molar refractivity (Wildman–Crippen MR) is 135 cm³/mol. The van der Waals surface area contributed by atoms with Gasteiger partial charge in [0.15, 0.2) is 0 Å². The number of hydrogen-bond acceptors (Lipinski definition) is 3. The zero-order valence-corrected chi connectivity index (χ0v) is 20.6. The summed E-state index contributed by atoms with van der Waals surface area (Å²) in [6.45, 7) is 6.75. The van der Waals surface area contributed by atoms with Crippen LogP contribution >= 0.6 is 0 Å². The molecule has 2 aliphatic rings. The lowest BCUT2D eigenvalue weighted by molar-refractivity contribution is -0.223. The van der Waals surface area contributed by atoms with E-state index in [2.05, 4.69) is 51.1 Å². The van der Waals surface area contributed by atoms with E-state index in [0.29, 0.717) is 17.4 Å². The SMILES string of the molecule is CCC1CC2CC(C)(C)OC(c3cc(-c4ccc5cc(C(=O)O)ccc5c4)ccc3OC)(C1)C2. The molecule has 4 nitrogen and oxygen atoms in total. The van der Waals surface area contributed by atoms with Gasteiger partial charge in [0.05, 0.1) is 23.9 Å². The van der Waals surface area contributed by atoms with Gasteiger partial charge in [-0.15, -0.1) is 0 Å². The lowest BCUT2D eigenvalue weighted by atomic mass is 9.63. The van der Waals surface area contributed by atoms with Crippen LogP contribution in [0.25, 0.3) is 21.9 Å². The molecule has 1 aliphatic carbocycles. The maximum absolute atomic E-state index is 11.3. The van der Waals surface area contributed by atoms with Gasteiger partial charge < -0.3 is 14.6 Å². The lowest BCUT2D eigenvalue weighted by Gasteiger charge is -2.54. The van der Waals surface area contributed by atoms with Crippen LogP contribution in [0.2, 0.25) is 0 Å². The molecule has 4 heteroatoms. The fraction of sp³-hybridized carbons (Fsp3) is 0.433. The highest BCUT2D eigenvalue weighted by atomic mass is 16.5. The molecule has 1 saturated heterocycles. The predicted octanol–water partition coefficient (Wildman–Crippen LogP) is 7.43. The van der Waals surface area contributed by atoms with E-state index < -0.39 is 5.97 Å². The Balaban J connectivity index is 1.60. The second kappa shape index (κ2) is 8.42. The van der Waals surface area contributed by atoms with Gasteiger partial charge in [0.1, 0.15) is 5.75 Å². The molecule has 0 amide bonds. The first-order valence-electron chi connectivity index (χ1n) is 12.4. The van der Waals surface area contributed by atoms with E-state index in [1.165, 1.54) is 12.8 Å². The van der Waals surface area contributed by atoms with Crippen LogP contribution < -0.4 is 4.74 Å². The van der Waals surface area contributed by atoms with Crippen LogP contribution in [0, 0.1) is 11.8 Å². The molecule has 0 radical (unpaired) electrons. The summed E-state index contributed by atoms with van der Waals surface area (Å²) in [5.74, 6) is 1.31. The van der Waals surface area contributed by atoms with Crippen molar-refractivity contribution in [3.63, 3.8) is 0 Å². The summed E-state index contributed by atoms with van der Waals surface area (Å²) < 4.78 is 12.8. The van der Waals surface area contributed by atoms with E-state index in [1.54, 1.807) is 19.2 Å². The lowest BCUT2D eigenvalue weighted by Crippen LogP contribution is -2.51. The number of carboxylic acid groups (broad SMARTS) is 1. The summed E-state index contributed by atoms with van der Waals surface area (Å²) in [5, 5.41) is 11.3. The van der Waals surface area contributed by atoms with Crippen molar-refractivity contribution in [2.24, 2.45) is 11.8 Å². The molecule has 3 atom stereocenters. The molecule has 0 spiro atoms. The van der Waals surface area contributed by atoms with Gasteiger partial charge in [-0.25, -0.2) is 4.79 Å². The van der Waals surface area contributed by atoms with Gasteiger partial charge in [-0.05, 0) is 104 Å². The highest BCUT2D eigenvalue weighted by Crippen LogP contribution is 2.56. The minimum Gasteiger partial charge on any atom is -0.496 e. The van der Waals surface area contributed by atoms with Gasteiger partial charge in [-0.2, -0.15) is 0 Å². The van der Waals surface area contributed by atoms with Crippen LogP contribution in [0.4, 0.5) is 0 Å². The third-order valence-electron chi connectivity index (χ3n) is 7.84. The first-order chi connectivity index (χ1) is 16.2. The van der Waals surface area contributed by atoms with Gasteiger partial charge >= 0.3 is 5.97 Å². The van der Waals surface area contributed by atoms with E-state index in [4.69, 9.17) is 9.47 Å². The number of carboxylic acids is 1. The fourth-order valence-electron chi connectivity index (χ4n) is 6.55. The zero-order chi connectivity index (χ0) is 24.1. The van der Waals surface area contributed by atoms with Crippen LogP contribution in [0.3, 0.4) is 0 Å². The third-order valence-corrected chi connectivity index (χ3v) is 7.84. The molecule has 5 rings (SSSR count). The molecule has 1 N–H and O–H groups in total. The molecule has 1 heterocycles. The molecule has 178 valence electrons. The Hall–Kier alpha value is -2.85. The van der Waals surface area contributed by atoms with Crippen LogP contribution in [-0.2, 0) is 10.3 Å². The van der Waals surface area contributed by atoms with Crippen molar-refractivity contribution in [3.05, 3.63) is 65.7 Å². The van der Waals surface area contributed by atoms with E-state index >= 15 is 0 Å². The van der Waals surface area contributed by atoms with E-state index in [1.807, 2.05) is 12.1 Å². The number of hydrogen-bond donors (Lipinski definition) is 1. The molecule has 1 aliphatic heterocycles. The summed E-state index contributed by atoms with van der Waals surface area (Å²) in [7, 11) is 1.75. The monoisotopic (exact) mass is 458 g/mol. The normalized spacial score (nSPS) is 25.8. The van der Waals surface area contributed by atoms with Crippen LogP contribution in [0.1, 0.15) is 68.8 Å². The summed E-state index contributed by atoms with van der Waals surface area (Å²) in [6, 6.07) is 17.9. The standard InChI is InChI=1S/C30H34O4/c1-5-19-12-20-16-29(2,3)34-30(17-19,18-20)26-15-24(10-11-27(26)33-4)22-6-7-23-14-25(28(31)32)9-8-21(23)13-22/h6-11,13-15,19-20H,5,12,16-18H2,1-4H3,(H,31,32). The van der Waals surface area contributed by atoms with Crippen molar-refractivity contribution in [1.29, 1.82) is 0 Å². The number of methoxy groups -OCH3 is 1. The largest absolute Gasteiger partial charge is 0.496 e.